The van der Waals surface area contributed by atoms with Gasteiger partial charge in [-0.25, -0.2) is 8.42 Å². The van der Waals surface area contributed by atoms with Crippen LogP contribution in [0.5, 0.6) is 0 Å². The first kappa shape index (κ1) is 23.1. The summed E-state index contributed by atoms with van der Waals surface area (Å²) >= 11 is 12.1. The molecule has 32 heavy (non-hydrogen) atoms. The first-order valence-corrected chi connectivity index (χ1v) is 12.6. The molecule has 1 aliphatic heterocycles. The highest BCUT2D eigenvalue weighted by molar-refractivity contribution is 7.89. The Labute approximate surface area is 198 Å². The van der Waals surface area contributed by atoms with Crippen molar-refractivity contribution in [2.45, 2.75) is 24.3 Å². The van der Waals surface area contributed by atoms with Crippen molar-refractivity contribution in [2.75, 3.05) is 20.1 Å². The predicted octanol–water partition coefficient (Wildman–Crippen LogP) is 5.21. The van der Waals surface area contributed by atoms with Crippen LogP contribution in [0.4, 0.5) is 0 Å². The lowest BCUT2D eigenvalue weighted by Crippen LogP contribution is -2.43. The van der Waals surface area contributed by atoms with E-state index in [9.17, 15) is 13.2 Å². The molecule has 0 atom stereocenters. The van der Waals surface area contributed by atoms with E-state index in [-0.39, 0.29) is 34.8 Å². The number of rotatable bonds is 5. The monoisotopic (exact) mass is 490 g/mol. The van der Waals surface area contributed by atoms with Crippen LogP contribution in [0.15, 0.2) is 65.6 Å². The fraction of sp³-hybridized carbons (Fsp3) is 0.292. The minimum Gasteiger partial charge on any atom is -0.341 e. The third-order valence-electron chi connectivity index (χ3n) is 5.92. The highest BCUT2D eigenvalue weighted by Crippen LogP contribution is 2.31. The van der Waals surface area contributed by atoms with Crippen molar-refractivity contribution in [1.82, 2.24) is 9.21 Å². The zero-order valence-corrected chi connectivity index (χ0v) is 20.0. The van der Waals surface area contributed by atoms with Gasteiger partial charge in [-0.1, -0.05) is 59.6 Å². The fourth-order valence-corrected chi connectivity index (χ4v) is 6.36. The van der Waals surface area contributed by atoms with Crippen molar-refractivity contribution < 1.29 is 13.2 Å². The summed E-state index contributed by atoms with van der Waals surface area (Å²) < 4.78 is 27.4. The third-order valence-corrected chi connectivity index (χ3v) is 8.54. The summed E-state index contributed by atoms with van der Waals surface area (Å²) in [6, 6.07) is 18.7. The van der Waals surface area contributed by atoms with E-state index in [2.05, 4.69) is 24.3 Å². The number of nitrogens with zero attached hydrogens (tertiary/aromatic N) is 2. The van der Waals surface area contributed by atoms with Crippen LogP contribution >= 0.6 is 23.2 Å². The van der Waals surface area contributed by atoms with E-state index >= 15 is 0 Å². The number of hydrogen-bond acceptors (Lipinski definition) is 3. The largest absolute Gasteiger partial charge is 0.341 e. The minimum atomic E-state index is -3.76. The fourth-order valence-electron chi connectivity index (χ4n) is 4.16. The van der Waals surface area contributed by atoms with Gasteiger partial charge in [0.2, 0.25) is 15.9 Å². The highest BCUT2D eigenvalue weighted by Gasteiger charge is 2.34. The van der Waals surface area contributed by atoms with Gasteiger partial charge in [0.25, 0.3) is 0 Å². The molecule has 3 aromatic carbocycles. The molecular formula is C24H24Cl2N2O3S. The number of sulfonamides is 1. The van der Waals surface area contributed by atoms with E-state index in [0.29, 0.717) is 24.4 Å². The molecule has 4 rings (SSSR count). The number of amides is 1. The van der Waals surface area contributed by atoms with E-state index in [4.69, 9.17) is 23.2 Å². The average Bonchev–Trinajstić information content (AvgIpc) is 2.80. The van der Waals surface area contributed by atoms with E-state index < -0.39 is 10.0 Å². The van der Waals surface area contributed by atoms with Gasteiger partial charge in [0.1, 0.15) is 4.90 Å². The molecule has 168 valence electrons. The number of carbonyl (C=O) groups is 1. The third kappa shape index (κ3) is 4.79. The molecule has 0 unspecified atom stereocenters. The van der Waals surface area contributed by atoms with Gasteiger partial charge < -0.3 is 4.90 Å². The summed E-state index contributed by atoms with van der Waals surface area (Å²) in [6.45, 7) is 1.05. The van der Waals surface area contributed by atoms with Crippen LogP contribution in [-0.2, 0) is 21.4 Å². The van der Waals surface area contributed by atoms with Crippen molar-refractivity contribution >= 4 is 49.9 Å². The van der Waals surface area contributed by atoms with Crippen molar-refractivity contribution in [1.29, 1.82) is 0 Å². The maximum absolute atomic E-state index is 13.0. The van der Waals surface area contributed by atoms with E-state index in [0.717, 1.165) is 10.9 Å². The summed E-state index contributed by atoms with van der Waals surface area (Å²) in [6.07, 6.45) is 0.941. The molecule has 5 nitrogen and oxygen atoms in total. The van der Waals surface area contributed by atoms with Crippen molar-refractivity contribution in [3.8, 4) is 0 Å². The second kappa shape index (κ2) is 9.40. The molecule has 1 saturated heterocycles. The van der Waals surface area contributed by atoms with Crippen molar-refractivity contribution in [2.24, 2.45) is 5.92 Å². The average molecular weight is 491 g/mol. The Bertz CT molecular complexity index is 1260. The van der Waals surface area contributed by atoms with Gasteiger partial charge in [-0.15, -0.1) is 0 Å². The number of piperidine rings is 1. The Hall–Kier alpha value is -2.12. The minimum absolute atomic E-state index is 0.00450. The SMILES string of the molecule is CN(Cc1ccc2ccccc2c1)C(=O)C1CCN(S(=O)(=O)c2cc(Cl)ccc2Cl)CC1. The van der Waals surface area contributed by atoms with Crippen LogP contribution in [0.25, 0.3) is 10.8 Å². The zero-order valence-electron chi connectivity index (χ0n) is 17.7. The molecular weight excluding hydrogens is 467 g/mol. The van der Waals surface area contributed by atoms with Gasteiger partial charge in [-0.2, -0.15) is 4.31 Å². The van der Waals surface area contributed by atoms with Crippen LogP contribution in [0, 0.1) is 5.92 Å². The number of halogens is 2. The Kier molecular flexibility index (Phi) is 6.77. The summed E-state index contributed by atoms with van der Waals surface area (Å²) in [7, 11) is -1.96. The Morgan fingerprint density at radius 2 is 1.69 bits per heavy atom. The molecule has 1 heterocycles. The molecule has 0 N–H and O–H groups in total. The summed E-state index contributed by atoms with van der Waals surface area (Å²) in [5, 5.41) is 2.76. The summed E-state index contributed by atoms with van der Waals surface area (Å²) in [5.41, 5.74) is 1.06. The second-order valence-corrected chi connectivity index (χ2v) is 10.9. The Morgan fingerprint density at radius 3 is 2.41 bits per heavy atom. The number of carbonyl (C=O) groups excluding carboxylic acids is 1. The van der Waals surface area contributed by atoms with E-state index in [1.807, 2.05) is 18.2 Å². The number of hydrogen-bond donors (Lipinski definition) is 0. The Morgan fingerprint density at radius 1 is 1.00 bits per heavy atom. The topological polar surface area (TPSA) is 57.7 Å². The van der Waals surface area contributed by atoms with Gasteiger partial charge >= 0.3 is 0 Å². The maximum atomic E-state index is 13.0. The van der Waals surface area contributed by atoms with Crippen molar-refractivity contribution in [3.63, 3.8) is 0 Å². The first-order chi connectivity index (χ1) is 15.3. The molecule has 1 fully saturated rings. The molecule has 0 spiro atoms. The highest BCUT2D eigenvalue weighted by atomic mass is 35.5. The molecule has 0 aliphatic carbocycles. The van der Waals surface area contributed by atoms with Gasteiger partial charge in [-0.05, 0) is 53.4 Å². The smallest absolute Gasteiger partial charge is 0.244 e. The van der Waals surface area contributed by atoms with Gasteiger partial charge in [0, 0.05) is 37.6 Å². The second-order valence-electron chi connectivity index (χ2n) is 8.13. The summed E-state index contributed by atoms with van der Waals surface area (Å²) in [4.78, 5) is 14.7. The molecule has 0 saturated carbocycles. The lowest BCUT2D eigenvalue weighted by Gasteiger charge is -2.32. The Balaban J connectivity index is 1.39. The van der Waals surface area contributed by atoms with Crippen molar-refractivity contribution in [3.05, 3.63) is 76.3 Å². The zero-order chi connectivity index (χ0) is 22.9. The molecule has 0 radical (unpaired) electrons. The molecule has 3 aromatic rings. The first-order valence-electron chi connectivity index (χ1n) is 10.4. The lowest BCUT2D eigenvalue weighted by atomic mass is 9.96. The molecule has 1 amide bonds. The van der Waals surface area contributed by atoms with Crippen LogP contribution in [-0.4, -0.2) is 43.7 Å². The van der Waals surface area contributed by atoms with Crippen LogP contribution in [0.2, 0.25) is 10.0 Å². The number of benzene rings is 3. The van der Waals surface area contributed by atoms with Gasteiger partial charge in [0.05, 0.1) is 5.02 Å². The molecule has 0 bridgehead atoms. The predicted molar refractivity (Wildman–Crippen MR) is 128 cm³/mol. The molecule has 8 heteroatoms. The van der Waals surface area contributed by atoms with Crippen LogP contribution < -0.4 is 0 Å². The normalized spacial score (nSPS) is 15.7. The molecule has 0 aromatic heterocycles. The standard InChI is InChI=1S/C24H24Cl2N2O3S/c1-27(16-17-6-7-18-4-2-3-5-20(18)14-17)24(29)19-10-12-28(13-11-19)32(30,31)23-15-21(25)8-9-22(23)26/h2-9,14-15,19H,10-13,16H2,1H3. The van der Waals surface area contributed by atoms with Gasteiger partial charge in [0.15, 0.2) is 0 Å². The van der Waals surface area contributed by atoms with Crippen LogP contribution in [0.3, 0.4) is 0 Å². The summed E-state index contributed by atoms with van der Waals surface area (Å²) in [5.74, 6) is -0.169. The number of fused-ring (bicyclic) bond motifs is 1. The van der Waals surface area contributed by atoms with Gasteiger partial charge in [-0.3, -0.25) is 4.79 Å². The lowest BCUT2D eigenvalue weighted by molar-refractivity contribution is -0.135. The quantitative estimate of drug-likeness (QED) is 0.493. The van der Waals surface area contributed by atoms with E-state index in [1.54, 1.807) is 18.0 Å². The molecule has 1 aliphatic rings. The maximum Gasteiger partial charge on any atom is 0.244 e. The van der Waals surface area contributed by atoms with Crippen LogP contribution in [0.1, 0.15) is 18.4 Å². The van der Waals surface area contributed by atoms with E-state index in [1.165, 1.54) is 21.8 Å².